The van der Waals surface area contributed by atoms with Gasteiger partial charge in [0.25, 0.3) is 0 Å². The van der Waals surface area contributed by atoms with Crippen LogP contribution < -0.4 is 5.32 Å². The van der Waals surface area contributed by atoms with Crippen LogP contribution in [0.4, 0.5) is 0 Å². The van der Waals surface area contributed by atoms with Crippen LogP contribution in [-0.2, 0) is 11.2 Å². The Morgan fingerprint density at radius 2 is 1.87 bits per heavy atom. The van der Waals surface area contributed by atoms with Gasteiger partial charge in [0, 0.05) is 5.02 Å². The molecule has 0 bridgehead atoms. The van der Waals surface area contributed by atoms with Gasteiger partial charge >= 0.3 is 0 Å². The second kappa shape index (κ2) is 7.44. The summed E-state index contributed by atoms with van der Waals surface area (Å²) in [5.74, 6) is -0.0284. The minimum Gasteiger partial charge on any atom is -0.303 e. The highest BCUT2D eigenvalue weighted by atomic mass is 35.5. The van der Waals surface area contributed by atoms with Gasteiger partial charge in [0.2, 0.25) is 5.91 Å². The molecular weight excluding hydrogens is 330 g/mol. The highest BCUT2D eigenvalue weighted by Crippen LogP contribution is 2.23. The standard InChI is InChI=1S/C17H14ClN3OS/c18-14-8-6-13(7-9-14)11-19-21-17-20-16(22)15(23-17)10-12-4-2-1-3-5-12/h1-9,11,15H,10H2,(H,20,21,22). The summed E-state index contributed by atoms with van der Waals surface area (Å²) >= 11 is 7.23. The number of amidine groups is 1. The Labute approximate surface area is 143 Å². The lowest BCUT2D eigenvalue weighted by atomic mass is 10.1. The van der Waals surface area contributed by atoms with Gasteiger partial charge in [0.1, 0.15) is 0 Å². The molecule has 1 atom stereocenters. The Balaban J connectivity index is 1.61. The third kappa shape index (κ3) is 4.43. The van der Waals surface area contributed by atoms with Crippen LogP contribution in [0, 0.1) is 0 Å². The van der Waals surface area contributed by atoms with Gasteiger partial charge in [0.05, 0.1) is 11.5 Å². The molecule has 0 spiro atoms. The quantitative estimate of drug-likeness (QED) is 0.682. The number of amides is 1. The zero-order valence-corrected chi connectivity index (χ0v) is 13.7. The van der Waals surface area contributed by atoms with E-state index in [0.29, 0.717) is 16.6 Å². The highest BCUT2D eigenvalue weighted by Gasteiger charge is 2.30. The van der Waals surface area contributed by atoms with E-state index in [-0.39, 0.29) is 11.2 Å². The van der Waals surface area contributed by atoms with E-state index in [1.807, 2.05) is 42.5 Å². The molecule has 0 aliphatic carbocycles. The maximum Gasteiger partial charge on any atom is 0.239 e. The van der Waals surface area contributed by atoms with Crippen molar-refractivity contribution in [2.45, 2.75) is 11.7 Å². The molecule has 6 heteroatoms. The summed E-state index contributed by atoms with van der Waals surface area (Å²) < 4.78 is 0. The van der Waals surface area contributed by atoms with Crippen molar-refractivity contribution < 1.29 is 4.79 Å². The van der Waals surface area contributed by atoms with E-state index < -0.39 is 0 Å². The Morgan fingerprint density at radius 1 is 1.13 bits per heavy atom. The van der Waals surface area contributed by atoms with Crippen molar-refractivity contribution in [2.24, 2.45) is 10.2 Å². The first-order chi connectivity index (χ1) is 11.2. The monoisotopic (exact) mass is 343 g/mol. The van der Waals surface area contributed by atoms with Crippen molar-refractivity contribution in [1.82, 2.24) is 5.32 Å². The molecule has 1 heterocycles. The number of nitrogens with one attached hydrogen (secondary N) is 1. The Morgan fingerprint density at radius 3 is 2.61 bits per heavy atom. The fourth-order valence-electron chi connectivity index (χ4n) is 2.11. The number of halogens is 1. The van der Waals surface area contributed by atoms with Gasteiger partial charge in [-0.1, -0.05) is 65.8 Å². The fraction of sp³-hybridized carbons (Fsp3) is 0.118. The average Bonchev–Trinajstić information content (AvgIpc) is 2.90. The van der Waals surface area contributed by atoms with Gasteiger partial charge in [-0.3, -0.25) is 4.79 Å². The average molecular weight is 344 g/mol. The summed E-state index contributed by atoms with van der Waals surface area (Å²) in [4.78, 5) is 12.0. The van der Waals surface area contributed by atoms with Crippen molar-refractivity contribution in [3.05, 3.63) is 70.7 Å². The topological polar surface area (TPSA) is 53.8 Å². The lowest BCUT2D eigenvalue weighted by Gasteiger charge is -2.04. The molecule has 4 nitrogen and oxygen atoms in total. The Kier molecular flexibility index (Phi) is 5.10. The number of benzene rings is 2. The molecule has 1 aliphatic heterocycles. The zero-order valence-electron chi connectivity index (χ0n) is 12.1. The minimum absolute atomic E-state index is 0.0284. The second-order valence-electron chi connectivity index (χ2n) is 4.99. The van der Waals surface area contributed by atoms with Crippen LogP contribution in [0.1, 0.15) is 11.1 Å². The molecule has 0 saturated carbocycles. The van der Waals surface area contributed by atoms with Crippen molar-refractivity contribution in [3.63, 3.8) is 0 Å². The van der Waals surface area contributed by atoms with E-state index in [2.05, 4.69) is 15.5 Å². The predicted molar refractivity (Wildman–Crippen MR) is 96.1 cm³/mol. The number of hydrogen-bond donors (Lipinski definition) is 1. The number of carbonyl (C=O) groups excluding carboxylic acids is 1. The normalized spacial score (nSPS) is 19.4. The van der Waals surface area contributed by atoms with Gasteiger partial charge in [-0.2, -0.15) is 5.10 Å². The van der Waals surface area contributed by atoms with Crippen LogP contribution in [0.25, 0.3) is 0 Å². The molecule has 1 amide bonds. The van der Waals surface area contributed by atoms with Gasteiger partial charge in [-0.05, 0) is 29.7 Å². The van der Waals surface area contributed by atoms with Crippen LogP contribution in [0.5, 0.6) is 0 Å². The van der Waals surface area contributed by atoms with Crippen molar-refractivity contribution in [3.8, 4) is 0 Å². The van der Waals surface area contributed by atoms with Gasteiger partial charge in [-0.15, -0.1) is 5.10 Å². The molecule has 2 aromatic rings. The molecule has 1 fully saturated rings. The summed E-state index contributed by atoms with van der Waals surface area (Å²) in [7, 11) is 0. The van der Waals surface area contributed by atoms with Crippen molar-refractivity contribution in [2.75, 3.05) is 0 Å². The molecule has 2 aromatic carbocycles. The van der Waals surface area contributed by atoms with E-state index in [9.17, 15) is 4.79 Å². The number of thioether (sulfide) groups is 1. The van der Waals surface area contributed by atoms with Crippen LogP contribution in [-0.4, -0.2) is 22.5 Å². The Hall–Kier alpha value is -2.11. The molecule has 1 N–H and O–H groups in total. The lowest BCUT2D eigenvalue weighted by molar-refractivity contribution is -0.118. The molecule has 116 valence electrons. The Bertz CT molecular complexity index is 744. The third-order valence-electron chi connectivity index (χ3n) is 3.27. The SMILES string of the molecule is O=C1NC(=NN=Cc2ccc(Cl)cc2)SC1Cc1ccccc1. The van der Waals surface area contributed by atoms with Crippen LogP contribution >= 0.6 is 23.4 Å². The number of rotatable bonds is 4. The minimum atomic E-state index is -0.165. The first kappa shape index (κ1) is 15.8. The lowest BCUT2D eigenvalue weighted by Crippen LogP contribution is -2.25. The summed E-state index contributed by atoms with van der Waals surface area (Å²) in [6.45, 7) is 0. The van der Waals surface area contributed by atoms with Gasteiger partial charge in [0.15, 0.2) is 5.17 Å². The molecular formula is C17H14ClN3OS. The zero-order chi connectivity index (χ0) is 16.1. The summed E-state index contributed by atoms with van der Waals surface area (Å²) in [6, 6.07) is 17.2. The van der Waals surface area contributed by atoms with Crippen LogP contribution in [0.3, 0.4) is 0 Å². The maximum absolute atomic E-state index is 12.0. The second-order valence-corrected chi connectivity index (χ2v) is 6.61. The highest BCUT2D eigenvalue weighted by molar-refractivity contribution is 8.15. The van der Waals surface area contributed by atoms with Gasteiger partial charge in [-0.25, -0.2) is 0 Å². The van der Waals surface area contributed by atoms with E-state index in [4.69, 9.17) is 11.6 Å². The molecule has 1 saturated heterocycles. The van der Waals surface area contributed by atoms with E-state index in [1.54, 1.807) is 18.3 Å². The summed E-state index contributed by atoms with van der Waals surface area (Å²) in [6.07, 6.45) is 2.30. The van der Waals surface area contributed by atoms with Crippen LogP contribution in [0.2, 0.25) is 5.02 Å². The first-order valence-corrected chi connectivity index (χ1v) is 8.34. The molecule has 0 radical (unpaired) electrons. The van der Waals surface area contributed by atoms with Gasteiger partial charge < -0.3 is 5.32 Å². The summed E-state index contributed by atoms with van der Waals surface area (Å²) in [5.41, 5.74) is 2.03. The van der Waals surface area contributed by atoms with Crippen molar-refractivity contribution >= 4 is 40.7 Å². The summed E-state index contributed by atoms with van der Waals surface area (Å²) in [5, 5.41) is 11.9. The number of carbonyl (C=O) groups is 1. The largest absolute Gasteiger partial charge is 0.303 e. The molecule has 0 aromatic heterocycles. The van der Waals surface area contributed by atoms with E-state index in [0.717, 1.165) is 11.1 Å². The van der Waals surface area contributed by atoms with E-state index >= 15 is 0 Å². The maximum atomic E-state index is 12.0. The smallest absolute Gasteiger partial charge is 0.239 e. The molecule has 3 rings (SSSR count). The van der Waals surface area contributed by atoms with Crippen molar-refractivity contribution in [1.29, 1.82) is 0 Å². The number of nitrogens with zero attached hydrogens (tertiary/aromatic N) is 2. The van der Waals surface area contributed by atoms with E-state index in [1.165, 1.54) is 11.8 Å². The molecule has 23 heavy (non-hydrogen) atoms. The van der Waals surface area contributed by atoms with Crippen LogP contribution in [0.15, 0.2) is 64.8 Å². The molecule has 1 aliphatic rings. The number of hydrogen-bond acceptors (Lipinski definition) is 4. The third-order valence-corrected chi connectivity index (χ3v) is 4.59. The predicted octanol–water partition coefficient (Wildman–Crippen LogP) is 3.50. The molecule has 1 unspecified atom stereocenters. The first-order valence-electron chi connectivity index (χ1n) is 7.09. The fourth-order valence-corrected chi connectivity index (χ4v) is 3.20.